The smallest absolute Gasteiger partial charge is 0.306 e. The second-order valence-electron chi connectivity index (χ2n) is 11.0. The third kappa shape index (κ3) is 6.31. The van der Waals surface area contributed by atoms with Crippen molar-refractivity contribution >= 4 is 22.8 Å². The molecule has 3 aliphatic rings. The van der Waals surface area contributed by atoms with Crippen molar-refractivity contribution in [2.75, 3.05) is 19.8 Å². The normalized spacial score (nSPS) is 29.0. The summed E-state index contributed by atoms with van der Waals surface area (Å²) in [5.74, 6) is -0.124. The van der Waals surface area contributed by atoms with E-state index in [1.807, 2.05) is 6.07 Å². The summed E-state index contributed by atoms with van der Waals surface area (Å²) >= 11 is 0. The molecular formula is C29H39NO11. The maximum Gasteiger partial charge on any atom is 0.306 e. The Morgan fingerprint density at radius 2 is 1.85 bits per heavy atom. The van der Waals surface area contributed by atoms with Crippen molar-refractivity contribution in [2.24, 2.45) is 0 Å². The highest BCUT2D eigenvalue weighted by Crippen LogP contribution is 2.46. The standard InChI is InChI=1S/C29H39NO11/c1-2-37-22(33)9-8-15-10-18-19(16-11-21(32)30-12-16)14-38-27(18)28(39-17-6-4-3-5-7-17)26(15)41-29-25(36)24(35)23(34)20(13-31)40-29/h10,14,16-17,20,23-25,29,31,34-36H,2-9,11-13H2,1H3,(H,30,32). The monoisotopic (exact) mass is 577 g/mol. The van der Waals surface area contributed by atoms with Crippen LogP contribution in [0.2, 0.25) is 0 Å². The molecular weight excluding hydrogens is 538 g/mol. The SMILES string of the molecule is CCOC(=O)CCc1cc2c(C3CNC(=O)C3)coc2c(OC2CCCCC2)c1OC1OC(CO)C(O)C(O)C1O. The van der Waals surface area contributed by atoms with Gasteiger partial charge in [-0.1, -0.05) is 6.42 Å². The third-order valence-electron chi connectivity index (χ3n) is 8.12. The molecule has 2 aliphatic heterocycles. The lowest BCUT2D eigenvalue weighted by Gasteiger charge is -2.40. The number of aliphatic hydroxyl groups is 4. The lowest BCUT2D eigenvalue weighted by Crippen LogP contribution is -2.60. The van der Waals surface area contributed by atoms with E-state index in [0.29, 0.717) is 24.1 Å². The lowest BCUT2D eigenvalue weighted by molar-refractivity contribution is -0.277. The largest absolute Gasteiger partial charge is 0.483 e. The average Bonchev–Trinajstić information content (AvgIpc) is 3.59. The molecule has 1 aromatic carbocycles. The Labute approximate surface area is 237 Å². The van der Waals surface area contributed by atoms with Crippen LogP contribution < -0.4 is 14.8 Å². The number of benzene rings is 1. The Balaban J connectivity index is 1.59. The van der Waals surface area contributed by atoms with Gasteiger partial charge in [-0.2, -0.15) is 0 Å². The number of esters is 1. The average molecular weight is 578 g/mol. The van der Waals surface area contributed by atoms with Crippen LogP contribution in [0.3, 0.4) is 0 Å². The van der Waals surface area contributed by atoms with Gasteiger partial charge >= 0.3 is 5.97 Å². The van der Waals surface area contributed by atoms with Gasteiger partial charge in [0.1, 0.15) is 24.4 Å². The van der Waals surface area contributed by atoms with Gasteiger partial charge in [-0.15, -0.1) is 0 Å². The van der Waals surface area contributed by atoms with Gasteiger partial charge in [-0.05, 0) is 50.7 Å². The molecule has 12 heteroatoms. The van der Waals surface area contributed by atoms with Crippen LogP contribution >= 0.6 is 0 Å². The lowest BCUT2D eigenvalue weighted by atomic mass is 9.94. The van der Waals surface area contributed by atoms with Gasteiger partial charge in [0.15, 0.2) is 11.3 Å². The van der Waals surface area contributed by atoms with E-state index in [2.05, 4.69) is 5.32 Å². The van der Waals surface area contributed by atoms with E-state index in [9.17, 15) is 30.0 Å². The molecule has 6 unspecified atom stereocenters. The van der Waals surface area contributed by atoms with Crippen molar-refractivity contribution in [3.05, 3.63) is 23.5 Å². The fraction of sp³-hybridized carbons (Fsp3) is 0.655. The highest BCUT2D eigenvalue weighted by Gasteiger charge is 2.45. The summed E-state index contributed by atoms with van der Waals surface area (Å²) in [5.41, 5.74) is 1.77. The number of rotatable bonds is 10. The van der Waals surface area contributed by atoms with Crippen LogP contribution in [0, 0.1) is 0 Å². The van der Waals surface area contributed by atoms with E-state index in [1.165, 1.54) is 0 Å². The highest BCUT2D eigenvalue weighted by atomic mass is 16.7. The van der Waals surface area contributed by atoms with Crippen LogP contribution in [0.5, 0.6) is 11.5 Å². The molecule has 1 aromatic heterocycles. The summed E-state index contributed by atoms with van der Waals surface area (Å²) in [6, 6.07) is 1.82. The van der Waals surface area contributed by atoms with Crippen molar-refractivity contribution in [1.82, 2.24) is 5.32 Å². The number of ether oxygens (including phenoxy) is 4. The van der Waals surface area contributed by atoms with Crippen LogP contribution in [0.15, 0.2) is 16.7 Å². The number of carbonyl (C=O) groups excluding carboxylic acids is 2. The van der Waals surface area contributed by atoms with Crippen molar-refractivity contribution in [3.8, 4) is 11.5 Å². The summed E-state index contributed by atoms with van der Waals surface area (Å²) in [7, 11) is 0. The first-order chi connectivity index (χ1) is 19.8. The van der Waals surface area contributed by atoms with Gasteiger partial charge in [-0.25, -0.2) is 0 Å². The minimum Gasteiger partial charge on any atom is -0.483 e. The van der Waals surface area contributed by atoms with Gasteiger partial charge in [0.2, 0.25) is 17.9 Å². The Morgan fingerprint density at radius 3 is 2.54 bits per heavy atom. The van der Waals surface area contributed by atoms with Crippen LogP contribution in [0.1, 0.15) is 68.9 Å². The summed E-state index contributed by atoms with van der Waals surface area (Å²) < 4.78 is 29.6. The number of aliphatic hydroxyl groups excluding tert-OH is 4. The molecule has 5 rings (SSSR count). The molecule has 0 radical (unpaired) electrons. The Bertz CT molecular complexity index is 1220. The first-order valence-electron chi connectivity index (χ1n) is 14.4. The number of furan rings is 1. The number of amides is 1. The molecule has 41 heavy (non-hydrogen) atoms. The van der Waals surface area contributed by atoms with E-state index in [4.69, 9.17) is 23.4 Å². The Hall–Kier alpha value is -2.90. The number of fused-ring (bicyclic) bond motifs is 1. The summed E-state index contributed by atoms with van der Waals surface area (Å²) in [5, 5.41) is 44.6. The molecule has 226 valence electrons. The van der Waals surface area contributed by atoms with Gasteiger partial charge in [0.25, 0.3) is 0 Å². The Kier molecular flexibility index (Phi) is 9.35. The zero-order valence-electron chi connectivity index (χ0n) is 23.1. The van der Waals surface area contributed by atoms with Crippen molar-refractivity contribution in [1.29, 1.82) is 0 Å². The number of carbonyl (C=O) groups is 2. The number of hydrogen-bond acceptors (Lipinski definition) is 11. The topological polar surface area (TPSA) is 177 Å². The summed E-state index contributed by atoms with van der Waals surface area (Å²) in [6.45, 7) is 1.81. The minimum atomic E-state index is -1.65. The zero-order valence-corrected chi connectivity index (χ0v) is 23.1. The predicted molar refractivity (Wildman–Crippen MR) is 143 cm³/mol. The minimum absolute atomic E-state index is 0.0317. The molecule has 1 saturated carbocycles. The molecule has 0 spiro atoms. The zero-order chi connectivity index (χ0) is 29.1. The molecule has 3 fully saturated rings. The fourth-order valence-electron chi connectivity index (χ4n) is 5.86. The molecule has 1 amide bonds. The first kappa shape index (κ1) is 29.6. The third-order valence-corrected chi connectivity index (χ3v) is 8.12. The molecule has 3 heterocycles. The van der Waals surface area contributed by atoms with Crippen LogP contribution in [-0.2, 0) is 25.5 Å². The van der Waals surface area contributed by atoms with E-state index in [1.54, 1.807) is 13.2 Å². The number of hydrogen-bond donors (Lipinski definition) is 5. The Morgan fingerprint density at radius 1 is 1.07 bits per heavy atom. The van der Waals surface area contributed by atoms with Crippen LogP contribution in [-0.4, -0.2) is 88.9 Å². The van der Waals surface area contributed by atoms with E-state index < -0.39 is 43.3 Å². The van der Waals surface area contributed by atoms with Gasteiger partial charge in [0, 0.05) is 36.3 Å². The first-order valence-corrected chi connectivity index (χ1v) is 14.4. The molecule has 12 nitrogen and oxygen atoms in total. The predicted octanol–water partition coefficient (Wildman–Crippen LogP) is 1.42. The van der Waals surface area contributed by atoms with Crippen LogP contribution in [0.4, 0.5) is 0 Å². The maximum atomic E-state index is 12.3. The molecule has 0 bridgehead atoms. The van der Waals surface area contributed by atoms with Crippen molar-refractivity contribution in [2.45, 2.75) is 101 Å². The fourth-order valence-corrected chi connectivity index (χ4v) is 5.86. The number of nitrogens with one attached hydrogen (secondary N) is 1. The molecule has 2 aromatic rings. The van der Waals surface area contributed by atoms with Crippen molar-refractivity contribution in [3.63, 3.8) is 0 Å². The maximum absolute atomic E-state index is 12.3. The summed E-state index contributed by atoms with van der Waals surface area (Å²) in [4.78, 5) is 24.3. The number of aryl methyl sites for hydroxylation is 1. The second-order valence-corrected chi connectivity index (χ2v) is 11.0. The molecule has 6 atom stereocenters. The molecule has 2 saturated heterocycles. The molecule has 1 aliphatic carbocycles. The molecule has 5 N–H and O–H groups in total. The van der Waals surface area contributed by atoms with E-state index in [0.717, 1.165) is 43.1 Å². The van der Waals surface area contributed by atoms with E-state index in [-0.39, 0.29) is 48.9 Å². The second kappa shape index (κ2) is 13.0. The van der Waals surface area contributed by atoms with Crippen molar-refractivity contribution < 1.29 is 53.4 Å². The van der Waals surface area contributed by atoms with Gasteiger partial charge in [-0.3, -0.25) is 9.59 Å². The highest BCUT2D eigenvalue weighted by molar-refractivity contribution is 5.92. The van der Waals surface area contributed by atoms with Gasteiger partial charge < -0.3 is 49.1 Å². The van der Waals surface area contributed by atoms with E-state index >= 15 is 0 Å². The quantitative estimate of drug-likeness (QED) is 0.258. The van der Waals surface area contributed by atoms with Crippen LogP contribution in [0.25, 0.3) is 11.0 Å². The summed E-state index contributed by atoms with van der Waals surface area (Å²) in [6.07, 6.45) is -0.709. The van der Waals surface area contributed by atoms with Gasteiger partial charge in [0.05, 0.1) is 25.6 Å².